The molecule has 0 aliphatic carbocycles. The summed E-state index contributed by atoms with van der Waals surface area (Å²) < 4.78 is 0. The summed E-state index contributed by atoms with van der Waals surface area (Å²) in [5.41, 5.74) is 12.8. The Kier molecular flexibility index (Phi) is 2.56. The minimum Gasteiger partial charge on any atom is -0.398 e. The van der Waals surface area contributed by atoms with E-state index >= 15 is 0 Å². The van der Waals surface area contributed by atoms with Crippen LogP contribution in [0.3, 0.4) is 0 Å². The largest absolute Gasteiger partial charge is 0.398 e. The lowest BCUT2D eigenvalue weighted by molar-refractivity contribution is 1.50. The van der Waals surface area contributed by atoms with E-state index < -0.39 is 0 Å². The molecule has 0 unspecified atom stereocenters. The molecule has 0 atom stereocenters. The summed E-state index contributed by atoms with van der Waals surface area (Å²) in [6.45, 7) is 6.95. The second-order valence-electron chi connectivity index (χ2n) is 2.64. The predicted molar refractivity (Wildman–Crippen MR) is 57.4 cm³/mol. The Morgan fingerprint density at radius 2 is 1.77 bits per heavy atom. The van der Waals surface area contributed by atoms with Gasteiger partial charge in [0.2, 0.25) is 0 Å². The Labute approximate surface area is 76.8 Å². The highest BCUT2D eigenvalue weighted by atomic mass is 14.6. The average molecular weight is 174 g/mol. The van der Waals surface area contributed by atoms with E-state index in [0.717, 1.165) is 10.4 Å². The first-order valence-corrected chi connectivity index (χ1v) is 3.91. The van der Waals surface area contributed by atoms with E-state index in [-0.39, 0.29) is 0 Å². The molecule has 1 aromatic carbocycles. The van der Waals surface area contributed by atoms with Crippen molar-refractivity contribution in [1.82, 2.24) is 0 Å². The quantitative estimate of drug-likeness (QED) is 0.558. The highest BCUT2D eigenvalue weighted by Crippen LogP contribution is 1.95. The first kappa shape index (κ1) is 9.14. The van der Waals surface area contributed by atoms with Crippen LogP contribution in [0.1, 0.15) is 6.92 Å². The van der Waals surface area contributed by atoms with E-state index in [1.807, 2.05) is 13.0 Å². The van der Waals surface area contributed by atoms with Gasteiger partial charge >= 0.3 is 6.20 Å². The van der Waals surface area contributed by atoms with Gasteiger partial charge in [-0.1, -0.05) is 6.08 Å². The van der Waals surface area contributed by atoms with Crippen LogP contribution in [0.25, 0.3) is 17.1 Å². The molecule has 0 heterocycles. The van der Waals surface area contributed by atoms with Crippen LogP contribution in [-0.2, 0) is 0 Å². The lowest BCUT2D eigenvalue weighted by atomic mass is 10.2. The summed E-state index contributed by atoms with van der Waals surface area (Å²) in [4.78, 5) is 3.44. The second kappa shape index (κ2) is 3.63. The third kappa shape index (κ3) is 1.62. The minimum atomic E-state index is 0.622. The molecule has 0 spiro atoms. The Morgan fingerprint density at radius 3 is 2.23 bits per heavy atom. The zero-order valence-corrected chi connectivity index (χ0v) is 7.49. The van der Waals surface area contributed by atoms with Gasteiger partial charge in [0, 0.05) is 16.6 Å². The van der Waals surface area contributed by atoms with Crippen LogP contribution in [0.5, 0.6) is 0 Å². The molecule has 66 valence electrons. The summed E-state index contributed by atoms with van der Waals surface area (Å²) in [7, 11) is 0. The molecule has 0 radical (unpaired) electrons. The Balaban J connectivity index is 3.78. The Hall–Kier alpha value is -1.95. The monoisotopic (exact) mass is 174 g/mol. The van der Waals surface area contributed by atoms with Gasteiger partial charge in [-0.05, 0) is 23.9 Å². The zero-order chi connectivity index (χ0) is 9.84. The average Bonchev–Trinajstić information content (AvgIpc) is 2.12. The number of rotatable bonds is 0. The molecule has 0 saturated carbocycles. The van der Waals surface area contributed by atoms with Crippen LogP contribution in [0.2, 0.25) is 0 Å². The normalized spacial score (nSPS) is 12.9. The van der Waals surface area contributed by atoms with Gasteiger partial charge in [0.15, 0.2) is 0 Å². The maximum absolute atomic E-state index is 5.74. The fourth-order valence-corrected chi connectivity index (χ4v) is 1.21. The standard InChI is InChI=1S/C10H12N3/c1-3-7-8(6-13-2)10(12)5-4-9(7)11/h2-6H,11-12H2,1H3/q+1. The number of nitrogens with two attached hydrogens (primary N) is 2. The van der Waals surface area contributed by atoms with E-state index in [9.17, 15) is 0 Å². The molecule has 4 N–H and O–H groups in total. The van der Waals surface area contributed by atoms with Gasteiger partial charge in [0.05, 0.1) is 5.22 Å². The number of hydrogen-bond donors (Lipinski definition) is 2. The lowest BCUT2D eigenvalue weighted by Crippen LogP contribution is -2.29. The van der Waals surface area contributed by atoms with Gasteiger partial charge in [-0.3, -0.25) is 0 Å². The fourth-order valence-electron chi connectivity index (χ4n) is 1.21. The third-order valence-corrected chi connectivity index (χ3v) is 1.85. The van der Waals surface area contributed by atoms with Crippen LogP contribution in [0, 0.1) is 6.57 Å². The lowest BCUT2D eigenvalue weighted by Gasteiger charge is -1.96. The predicted octanol–water partition coefficient (Wildman–Crippen LogP) is 0.352. The summed E-state index contributed by atoms with van der Waals surface area (Å²) in [6, 6.07) is 3.50. The first-order chi connectivity index (χ1) is 6.20. The number of hydrogen-bond acceptors (Lipinski definition) is 2. The van der Waals surface area contributed by atoms with Crippen molar-refractivity contribution in [2.45, 2.75) is 6.92 Å². The Bertz CT molecular complexity index is 466. The molecule has 0 aliphatic rings. The van der Waals surface area contributed by atoms with Crippen molar-refractivity contribution in [3.05, 3.63) is 27.4 Å². The van der Waals surface area contributed by atoms with Gasteiger partial charge in [-0.2, -0.15) is 0 Å². The molecule has 0 amide bonds. The van der Waals surface area contributed by atoms with E-state index in [1.54, 1.807) is 12.1 Å². The van der Waals surface area contributed by atoms with Gasteiger partial charge in [-0.25, -0.2) is 0 Å². The Morgan fingerprint density at radius 1 is 1.23 bits per heavy atom. The van der Waals surface area contributed by atoms with E-state index in [2.05, 4.69) is 4.85 Å². The molecular formula is C10H12N3+. The molecule has 3 heteroatoms. The number of anilines is 2. The fraction of sp³-hybridized carbons (Fsp3) is 0.100. The van der Waals surface area contributed by atoms with Crippen molar-refractivity contribution in [1.29, 1.82) is 0 Å². The van der Waals surface area contributed by atoms with Crippen LogP contribution in [0.15, 0.2) is 12.1 Å². The highest BCUT2D eigenvalue weighted by molar-refractivity contribution is 5.57. The van der Waals surface area contributed by atoms with Crippen LogP contribution < -0.4 is 21.9 Å². The van der Waals surface area contributed by atoms with Gasteiger partial charge in [0.25, 0.3) is 6.57 Å². The molecule has 3 nitrogen and oxygen atoms in total. The van der Waals surface area contributed by atoms with E-state index in [0.29, 0.717) is 11.4 Å². The van der Waals surface area contributed by atoms with Crippen molar-refractivity contribution in [2.24, 2.45) is 0 Å². The molecule has 0 aromatic heterocycles. The SMILES string of the molecule is C#[N+]C=c1c(N)ccc(N)c1=CC. The van der Waals surface area contributed by atoms with Crippen molar-refractivity contribution in [3.8, 4) is 6.57 Å². The number of nitrogen functional groups attached to an aromatic ring is 2. The van der Waals surface area contributed by atoms with Crippen LogP contribution in [-0.4, -0.2) is 0 Å². The molecule has 0 bridgehead atoms. The van der Waals surface area contributed by atoms with Gasteiger partial charge in [0.1, 0.15) is 0 Å². The van der Waals surface area contributed by atoms with Gasteiger partial charge < -0.3 is 11.5 Å². The molecular weight excluding hydrogens is 162 g/mol. The first-order valence-electron chi connectivity index (χ1n) is 3.91. The van der Waals surface area contributed by atoms with E-state index in [1.165, 1.54) is 6.20 Å². The van der Waals surface area contributed by atoms with Crippen molar-refractivity contribution >= 4 is 23.7 Å². The third-order valence-electron chi connectivity index (χ3n) is 1.85. The minimum absolute atomic E-state index is 0.622. The zero-order valence-electron chi connectivity index (χ0n) is 7.49. The maximum Gasteiger partial charge on any atom is 0.315 e. The van der Waals surface area contributed by atoms with Crippen molar-refractivity contribution < 1.29 is 0 Å². The van der Waals surface area contributed by atoms with Gasteiger partial charge in [-0.15, -0.1) is 0 Å². The second-order valence-corrected chi connectivity index (χ2v) is 2.64. The maximum atomic E-state index is 5.74. The highest BCUT2D eigenvalue weighted by Gasteiger charge is 1.98. The smallest absolute Gasteiger partial charge is 0.315 e. The molecule has 13 heavy (non-hydrogen) atoms. The number of nitrogens with zero attached hydrogens (tertiary/aromatic N) is 1. The molecule has 0 saturated heterocycles. The molecule has 0 fully saturated rings. The molecule has 1 aromatic rings. The summed E-state index contributed by atoms with van der Waals surface area (Å²) in [5, 5.41) is 1.64. The summed E-state index contributed by atoms with van der Waals surface area (Å²) >= 11 is 0. The molecule has 1 rings (SSSR count). The van der Waals surface area contributed by atoms with Crippen molar-refractivity contribution in [2.75, 3.05) is 11.5 Å². The van der Waals surface area contributed by atoms with Crippen LogP contribution >= 0.6 is 0 Å². The number of benzene rings is 1. The summed E-state index contributed by atoms with van der Waals surface area (Å²) in [5.74, 6) is 0. The molecule has 0 aliphatic heterocycles. The topological polar surface area (TPSA) is 56.4 Å². The van der Waals surface area contributed by atoms with Crippen LogP contribution in [0.4, 0.5) is 11.4 Å². The van der Waals surface area contributed by atoms with Crippen molar-refractivity contribution in [3.63, 3.8) is 0 Å². The van der Waals surface area contributed by atoms with E-state index in [4.69, 9.17) is 18.0 Å². The summed E-state index contributed by atoms with van der Waals surface area (Å²) in [6.07, 6.45) is 3.38.